The van der Waals surface area contributed by atoms with Crippen LogP contribution >= 0.6 is 0 Å². The van der Waals surface area contributed by atoms with Crippen molar-refractivity contribution in [3.63, 3.8) is 0 Å². The van der Waals surface area contributed by atoms with Crippen LogP contribution in [0, 0.1) is 0 Å². The van der Waals surface area contributed by atoms with Crippen molar-refractivity contribution in [1.82, 2.24) is 15.0 Å². The van der Waals surface area contributed by atoms with Crippen LogP contribution in [-0.2, 0) is 20.3 Å². The fourth-order valence-electron chi connectivity index (χ4n) is 2.50. The topological polar surface area (TPSA) is 94.2 Å². The van der Waals surface area contributed by atoms with E-state index in [1.807, 2.05) is 26.0 Å². The number of hydrogen-bond donors (Lipinski definition) is 1. The molecule has 25 heavy (non-hydrogen) atoms. The van der Waals surface area contributed by atoms with Gasteiger partial charge in [0.2, 0.25) is 5.95 Å². The van der Waals surface area contributed by atoms with Gasteiger partial charge in [0, 0.05) is 41.9 Å². The Balaban J connectivity index is 2.10. The molecule has 3 heterocycles. The van der Waals surface area contributed by atoms with Crippen LogP contribution in [0.3, 0.4) is 0 Å². The summed E-state index contributed by atoms with van der Waals surface area (Å²) in [4.78, 5) is 15.7. The Morgan fingerprint density at radius 2 is 1.96 bits per heavy atom. The average Bonchev–Trinajstić information content (AvgIpc) is 2.62. The standard InChI is InChI=1S/C17H23N5O2S/c1-17(2,25(3)23)14-10-13(12-4-5-15(18)19-11-12)20-16(21-14)22-6-8-24-9-7-22/h4-5,10-11H,6-9H2,1-3H3,(H2,18,19). The second-order valence-electron chi connectivity index (χ2n) is 6.47. The summed E-state index contributed by atoms with van der Waals surface area (Å²) >= 11 is 0. The highest BCUT2D eigenvalue weighted by molar-refractivity contribution is 7.85. The summed E-state index contributed by atoms with van der Waals surface area (Å²) in [6, 6.07) is 5.51. The third-order valence-electron chi connectivity index (χ3n) is 4.43. The molecule has 2 aromatic rings. The smallest absolute Gasteiger partial charge is 0.226 e. The maximum absolute atomic E-state index is 12.2. The van der Waals surface area contributed by atoms with Crippen LogP contribution < -0.4 is 10.6 Å². The van der Waals surface area contributed by atoms with E-state index in [4.69, 9.17) is 20.4 Å². The highest BCUT2D eigenvalue weighted by Gasteiger charge is 2.29. The Morgan fingerprint density at radius 1 is 1.24 bits per heavy atom. The van der Waals surface area contributed by atoms with Gasteiger partial charge in [-0.3, -0.25) is 4.21 Å². The molecule has 1 unspecified atom stereocenters. The van der Waals surface area contributed by atoms with Crippen molar-refractivity contribution < 1.29 is 8.95 Å². The number of nitrogens with zero attached hydrogens (tertiary/aromatic N) is 4. The van der Waals surface area contributed by atoms with Gasteiger partial charge < -0.3 is 15.4 Å². The maximum Gasteiger partial charge on any atom is 0.226 e. The van der Waals surface area contributed by atoms with Gasteiger partial charge in [-0.2, -0.15) is 0 Å². The number of anilines is 2. The molecular formula is C17H23N5O2S. The lowest BCUT2D eigenvalue weighted by molar-refractivity contribution is 0.122. The molecular weight excluding hydrogens is 338 g/mol. The van der Waals surface area contributed by atoms with Gasteiger partial charge in [0.15, 0.2) is 0 Å². The number of rotatable bonds is 4. The highest BCUT2D eigenvalue weighted by Crippen LogP contribution is 2.30. The summed E-state index contributed by atoms with van der Waals surface area (Å²) in [5, 5.41) is 0. The van der Waals surface area contributed by atoms with Crippen molar-refractivity contribution in [2.75, 3.05) is 43.2 Å². The van der Waals surface area contributed by atoms with E-state index in [9.17, 15) is 4.21 Å². The van der Waals surface area contributed by atoms with Gasteiger partial charge in [0.1, 0.15) is 5.82 Å². The second-order valence-corrected chi connectivity index (χ2v) is 8.40. The molecule has 1 saturated heterocycles. The summed E-state index contributed by atoms with van der Waals surface area (Å²) in [6.07, 6.45) is 3.39. The maximum atomic E-state index is 12.2. The molecule has 8 heteroatoms. The lowest BCUT2D eigenvalue weighted by atomic mass is 10.1. The molecule has 3 rings (SSSR count). The first-order valence-corrected chi connectivity index (χ1v) is 9.71. The van der Waals surface area contributed by atoms with Crippen molar-refractivity contribution in [2.24, 2.45) is 0 Å². The number of pyridine rings is 1. The van der Waals surface area contributed by atoms with Crippen LogP contribution in [0.25, 0.3) is 11.3 Å². The quantitative estimate of drug-likeness (QED) is 0.883. The van der Waals surface area contributed by atoms with E-state index in [-0.39, 0.29) is 0 Å². The zero-order chi connectivity index (χ0) is 18.0. The number of nitrogen functional groups attached to an aromatic ring is 1. The molecule has 1 atom stereocenters. The summed E-state index contributed by atoms with van der Waals surface area (Å²) in [5.74, 6) is 1.09. The number of nitrogens with two attached hydrogens (primary N) is 1. The molecule has 0 bridgehead atoms. The summed E-state index contributed by atoms with van der Waals surface area (Å²) < 4.78 is 17.1. The molecule has 1 aliphatic heterocycles. The third kappa shape index (κ3) is 3.80. The number of morpholine rings is 1. The Hall–Kier alpha value is -2.06. The van der Waals surface area contributed by atoms with Crippen LogP contribution in [0.4, 0.5) is 11.8 Å². The monoisotopic (exact) mass is 361 g/mol. The first-order valence-electron chi connectivity index (χ1n) is 8.15. The molecule has 1 aliphatic rings. The fourth-order valence-corrected chi connectivity index (χ4v) is 2.90. The van der Waals surface area contributed by atoms with Gasteiger partial charge in [-0.15, -0.1) is 0 Å². The van der Waals surface area contributed by atoms with Crippen LogP contribution in [0.1, 0.15) is 19.5 Å². The third-order valence-corrected chi connectivity index (χ3v) is 6.07. The normalized spacial score (nSPS) is 16.7. The van der Waals surface area contributed by atoms with E-state index in [0.29, 0.717) is 25.0 Å². The van der Waals surface area contributed by atoms with Crippen molar-refractivity contribution >= 4 is 22.6 Å². The van der Waals surface area contributed by atoms with E-state index >= 15 is 0 Å². The molecule has 0 spiro atoms. The minimum Gasteiger partial charge on any atom is -0.384 e. The van der Waals surface area contributed by atoms with Crippen molar-refractivity contribution in [3.05, 3.63) is 30.1 Å². The first-order chi connectivity index (χ1) is 11.9. The van der Waals surface area contributed by atoms with E-state index in [2.05, 4.69) is 9.88 Å². The van der Waals surface area contributed by atoms with Gasteiger partial charge >= 0.3 is 0 Å². The van der Waals surface area contributed by atoms with Crippen molar-refractivity contribution in [2.45, 2.75) is 18.6 Å². The van der Waals surface area contributed by atoms with Crippen molar-refractivity contribution in [1.29, 1.82) is 0 Å². The summed E-state index contributed by atoms with van der Waals surface area (Å²) in [6.45, 7) is 6.63. The fraction of sp³-hybridized carbons (Fsp3) is 0.471. The Morgan fingerprint density at radius 3 is 2.56 bits per heavy atom. The molecule has 0 aromatic carbocycles. The molecule has 0 amide bonds. The van der Waals surface area contributed by atoms with Crippen LogP contribution in [0.5, 0.6) is 0 Å². The van der Waals surface area contributed by atoms with Gasteiger partial charge in [-0.25, -0.2) is 15.0 Å². The lowest BCUT2D eigenvalue weighted by Gasteiger charge is -2.29. The zero-order valence-electron chi connectivity index (χ0n) is 14.7. The summed E-state index contributed by atoms with van der Waals surface area (Å²) in [5.41, 5.74) is 8.03. The predicted molar refractivity (Wildman–Crippen MR) is 99.8 cm³/mol. The molecule has 134 valence electrons. The molecule has 7 nitrogen and oxygen atoms in total. The molecule has 1 fully saturated rings. The Kier molecular flexibility index (Phi) is 5.01. The molecule has 2 N–H and O–H groups in total. The van der Waals surface area contributed by atoms with E-state index in [1.165, 1.54) is 0 Å². The Labute approximate surface area is 150 Å². The zero-order valence-corrected chi connectivity index (χ0v) is 15.5. The van der Waals surface area contributed by atoms with Crippen LogP contribution in [-0.4, -0.2) is 51.7 Å². The van der Waals surface area contributed by atoms with E-state index in [1.54, 1.807) is 18.5 Å². The van der Waals surface area contributed by atoms with Crippen molar-refractivity contribution in [3.8, 4) is 11.3 Å². The first kappa shape index (κ1) is 17.8. The largest absolute Gasteiger partial charge is 0.384 e. The lowest BCUT2D eigenvalue weighted by Crippen LogP contribution is -2.38. The predicted octanol–water partition coefficient (Wildman–Crippen LogP) is 1.57. The summed E-state index contributed by atoms with van der Waals surface area (Å²) in [7, 11) is -1.08. The highest BCUT2D eigenvalue weighted by atomic mass is 32.2. The minimum atomic E-state index is -1.08. The number of ether oxygens (including phenoxy) is 1. The number of aromatic nitrogens is 3. The molecule has 2 aromatic heterocycles. The van der Waals surface area contributed by atoms with Gasteiger partial charge in [-0.1, -0.05) is 0 Å². The average molecular weight is 361 g/mol. The van der Waals surface area contributed by atoms with Gasteiger partial charge in [-0.05, 0) is 32.0 Å². The SMILES string of the molecule is CS(=O)C(C)(C)c1cc(-c2ccc(N)nc2)nc(N2CCOCC2)n1. The Bertz CT molecular complexity index is 773. The van der Waals surface area contributed by atoms with Crippen LogP contribution in [0.15, 0.2) is 24.4 Å². The second kappa shape index (κ2) is 7.05. The van der Waals surface area contributed by atoms with Crippen LogP contribution in [0.2, 0.25) is 0 Å². The van der Waals surface area contributed by atoms with Gasteiger partial charge in [0.25, 0.3) is 0 Å². The van der Waals surface area contributed by atoms with E-state index in [0.717, 1.165) is 30.0 Å². The molecule has 0 saturated carbocycles. The minimum absolute atomic E-state index is 0.460. The van der Waals surface area contributed by atoms with Gasteiger partial charge in [0.05, 0.1) is 29.3 Å². The number of hydrogen-bond acceptors (Lipinski definition) is 7. The van der Waals surface area contributed by atoms with E-state index < -0.39 is 15.5 Å². The molecule has 0 aliphatic carbocycles. The molecule has 0 radical (unpaired) electrons.